The first-order valence-electron chi connectivity index (χ1n) is 8.17. The van der Waals surface area contributed by atoms with E-state index in [1.807, 2.05) is 25.1 Å². The number of likely N-dealkylation sites (tertiary alicyclic amines) is 1. The van der Waals surface area contributed by atoms with E-state index in [0.29, 0.717) is 5.92 Å². The molecule has 0 aromatic carbocycles. The molecule has 1 saturated heterocycles. The van der Waals surface area contributed by atoms with Gasteiger partial charge < -0.3 is 9.80 Å². The van der Waals surface area contributed by atoms with Gasteiger partial charge >= 0.3 is 0 Å². The van der Waals surface area contributed by atoms with Gasteiger partial charge in [-0.2, -0.15) is 5.10 Å². The standard InChI is InChI=1S/C16H26N4O/c1-18(10-11-20-8-4-3-5-9-20)16(21)15-12-14(13-6-7-13)17-19(15)2/h12-13H,3-11H2,1-2H3. The molecule has 1 saturated carbocycles. The zero-order valence-electron chi connectivity index (χ0n) is 13.2. The van der Waals surface area contributed by atoms with Gasteiger partial charge in [-0.1, -0.05) is 6.42 Å². The monoisotopic (exact) mass is 290 g/mol. The summed E-state index contributed by atoms with van der Waals surface area (Å²) in [4.78, 5) is 16.8. The van der Waals surface area contributed by atoms with Gasteiger partial charge in [-0.05, 0) is 44.8 Å². The highest BCUT2D eigenvalue weighted by Gasteiger charge is 2.28. The predicted octanol–water partition coefficient (Wildman–Crippen LogP) is 1.86. The summed E-state index contributed by atoms with van der Waals surface area (Å²) < 4.78 is 1.74. The van der Waals surface area contributed by atoms with Gasteiger partial charge in [0.25, 0.3) is 5.91 Å². The molecule has 0 bridgehead atoms. The lowest BCUT2D eigenvalue weighted by Gasteiger charge is -2.28. The molecule has 3 rings (SSSR count). The zero-order valence-corrected chi connectivity index (χ0v) is 13.2. The van der Waals surface area contributed by atoms with Crippen LogP contribution in [0.15, 0.2) is 6.07 Å². The van der Waals surface area contributed by atoms with Crippen molar-refractivity contribution >= 4 is 5.91 Å². The number of amides is 1. The van der Waals surface area contributed by atoms with Crippen molar-refractivity contribution in [1.82, 2.24) is 19.6 Å². The van der Waals surface area contributed by atoms with Crippen LogP contribution in [0.2, 0.25) is 0 Å². The van der Waals surface area contributed by atoms with Crippen LogP contribution in [-0.2, 0) is 7.05 Å². The third kappa shape index (κ3) is 3.46. The number of likely N-dealkylation sites (N-methyl/N-ethyl adjacent to an activating group) is 1. The van der Waals surface area contributed by atoms with Crippen LogP contribution in [0, 0.1) is 0 Å². The molecule has 1 aliphatic heterocycles. The van der Waals surface area contributed by atoms with Crippen molar-refractivity contribution in [2.24, 2.45) is 7.05 Å². The maximum absolute atomic E-state index is 12.5. The quantitative estimate of drug-likeness (QED) is 0.831. The molecule has 2 heterocycles. The second-order valence-electron chi connectivity index (χ2n) is 6.48. The molecule has 21 heavy (non-hydrogen) atoms. The highest BCUT2D eigenvalue weighted by molar-refractivity contribution is 5.92. The van der Waals surface area contributed by atoms with Gasteiger partial charge in [0.05, 0.1) is 5.69 Å². The Morgan fingerprint density at radius 3 is 2.71 bits per heavy atom. The maximum Gasteiger partial charge on any atom is 0.271 e. The van der Waals surface area contributed by atoms with E-state index in [2.05, 4.69) is 10.00 Å². The first kappa shape index (κ1) is 14.6. The topological polar surface area (TPSA) is 41.4 Å². The molecule has 1 aliphatic carbocycles. The molecule has 0 radical (unpaired) electrons. The average molecular weight is 290 g/mol. The fourth-order valence-electron chi connectivity index (χ4n) is 3.04. The maximum atomic E-state index is 12.5. The fourth-order valence-corrected chi connectivity index (χ4v) is 3.04. The van der Waals surface area contributed by atoms with E-state index in [-0.39, 0.29) is 5.91 Å². The predicted molar refractivity (Wildman–Crippen MR) is 82.4 cm³/mol. The summed E-state index contributed by atoms with van der Waals surface area (Å²) >= 11 is 0. The van der Waals surface area contributed by atoms with Crippen molar-refractivity contribution in [3.8, 4) is 0 Å². The third-order valence-corrected chi connectivity index (χ3v) is 4.66. The van der Waals surface area contributed by atoms with Crippen molar-refractivity contribution in [2.45, 2.75) is 38.0 Å². The van der Waals surface area contributed by atoms with Gasteiger partial charge in [0.1, 0.15) is 5.69 Å². The molecular formula is C16H26N4O. The van der Waals surface area contributed by atoms with Crippen LogP contribution in [0.1, 0.15) is 54.2 Å². The number of hydrogen-bond acceptors (Lipinski definition) is 3. The lowest BCUT2D eigenvalue weighted by atomic mass is 10.1. The number of carbonyl (C=O) groups is 1. The Morgan fingerprint density at radius 2 is 2.05 bits per heavy atom. The Hall–Kier alpha value is -1.36. The Morgan fingerprint density at radius 1 is 1.33 bits per heavy atom. The van der Waals surface area contributed by atoms with Crippen molar-refractivity contribution < 1.29 is 4.79 Å². The van der Waals surface area contributed by atoms with Crippen LogP contribution in [0.25, 0.3) is 0 Å². The third-order valence-electron chi connectivity index (χ3n) is 4.66. The van der Waals surface area contributed by atoms with Gasteiger partial charge in [-0.15, -0.1) is 0 Å². The number of rotatable bonds is 5. The molecule has 5 nitrogen and oxygen atoms in total. The first-order chi connectivity index (χ1) is 10.1. The van der Waals surface area contributed by atoms with Gasteiger partial charge in [-0.3, -0.25) is 9.48 Å². The molecule has 0 atom stereocenters. The minimum atomic E-state index is 0.0916. The highest BCUT2D eigenvalue weighted by Crippen LogP contribution is 2.39. The molecule has 1 amide bonds. The second kappa shape index (κ2) is 6.18. The Kier molecular flexibility index (Phi) is 4.29. The van der Waals surface area contributed by atoms with E-state index in [9.17, 15) is 4.79 Å². The number of aryl methyl sites for hydroxylation is 1. The summed E-state index contributed by atoms with van der Waals surface area (Å²) in [6.07, 6.45) is 6.38. The van der Waals surface area contributed by atoms with E-state index in [4.69, 9.17) is 0 Å². The van der Waals surface area contributed by atoms with Crippen LogP contribution >= 0.6 is 0 Å². The molecule has 0 spiro atoms. The Balaban J connectivity index is 1.55. The Bertz CT molecular complexity index is 500. The van der Waals surface area contributed by atoms with E-state index >= 15 is 0 Å². The van der Waals surface area contributed by atoms with Gasteiger partial charge in [0, 0.05) is 33.1 Å². The molecule has 0 N–H and O–H groups in total. The van der Waals surface area contributed by atoms with E-state index in [0.717, 1.165) is 24.5 Å². The minimum absolute atomic E-state index is 0.0916. The summed E-state index contributed by atoms with van der Waals surface area (Å²) in [7, 11) is 3.77. The average Bonchev–Trinajstić information content (AvgIpc) is 3.28. The summed E-state index contributed by atoms with van der Waals surface area (Å²) in [5.74, 6) is 0.685. The summed E-state index contributed by atoms with van der Waals surface area (Å²) in [5, 5.41) is 4.48. The van der Waals surface area contributed by atoms with Crippen LogP contribution in [0.3, 0.4) is 0 Å². The molecule has 1 aromatic heterocycles. The van der Waals surface area contributed by atoms with Crippen molar-refractivity contribution in [1.29, 1.82) is 0 Å². The number of nitrogens with zero attached hydrogens (tertiary/aromatic N) is 4. The van der Waals surface area contributed by atoms with Gasteiger partial charge in [-0.25, -0.2) is 0 Å². The Labute approximate surface area is 126 Å². The zero-order chi connectivity index (χ0) is 14.8. The SMILES string of the molecule is CN(CCN1CCCCC1)C(=O)c1cc(C2CC2)nn1C. The molecule has 0 unspecified atom stereocenters. The molecule has 2 fully saturated rings. The smallest absolute Gasteiger partial charge is 0.271 e. The lowest BCUT2D eigenvalue weighted by molar-refractivity contribution is 0.0762. The summed E-state index contributed by atoms with van der Waals surface area (Å²) in [6, 6.07) is 1.98. The first-order valence-corrected chi connectivity index (χ1v) is 8.17. The molecule has 1 aromatic rings. The number of aromatic nitrogens is 2. The van der Waals surface area contributed by atoms with E-state index < -0.39 is 0 Å². The number of carbonyl (C=O) groups excluding carboxylic acids is 1. The van der Waals surface area contributed by atoms with Crippen LogP contribution in [-0.4, -0.2) is 58.7 Å². The van der Waals surface area contributed by atoms with Gasteiger partial charge in [0.2, 0.25) is 0 Å². The van der Waals surface area contributed by atoms with Crippen LogP contribution < -0.4 is 0 Å². The fraction of sp³-hybridized carbons (Fsp3) is 0.750. The van der Waals surface area contributed by atoms with Crippen molar-refractivity contribution in [3.05, 3.63) is 17.5 Å². The van der Waals surface area contributed by atoms with E-state index in [1.54, 1.807) is 4.68 Å². The largest absolute Gasteiger partial charge is 0.339 e. The second-order valence-corrected chi connectivity index (χ2v) is 6.48. The van der Waals surface area contributed by atoms with Crippen LogP contribution in [0.5, 0.6) is 0 Å². The summed E-state index contributed by atoms with van der Waals surface area (Å²) in [5.41, 5.74) is 1.81. The molecule has 116 valence electrons. The molecule has 2 aliphatic rings. The number of hydrogen-bond donors (Lipinski definition) is 0. The minimum Gasteiger partial charge on any atom is -0.339 e. The van der Waals surface area contributed by atoms with Crippen molar-refractivity contribution in [3.63, 3.8) is 0 Å². The highest BCUT2D eigenvalue weighted by atomic mass is 16.2. The number of piperidine rings is 1. The summed E-state index contributed by atoms with van der Waals surface area (Å²) in [6.45, 7) is 4.14. The normalized spacial score (nSPS) is 19.7. The van der Waals surface area contributed by atoms with Gasteiger partial charge in [0.15, 0.2) is 0 Å². The van der Waals surface area contributed by atoms with E-state index in [1.165, 1.54) is 45.2 Å². The van der Waals surface area contributed by atoms with Crippen LogP contribution in [0.4, 0.5) is 0 Å². The lowest BCUT2D eigenvalue weighted by Crippen LogP contribution is -2.39. The molecule has 5 heteroatoms. The van der Waals surface area contributed by atoms with Crippen molar-refractivity contribution in [2.75, 3.05) is 33.2 Å². The molecular weight excluding hydrogens is 264 g/mol.